The van der Waals surface area contributed by atoms with Crippen molar-refractivity contribution in [3.8, 4) is 0 Å². The molecule has 0 bridgehead atoms. The van der Waals surface area contributed by atoms with Crippen LogP contribution in [0.1, 0.15) is 17.4 Å². The number of carbonyl (C=O) groups excluding carboxylic acids is 2. The Labute approximate surface area is 166 Å². The van der Waals surface area contributed by atoms with Gasteiger partial charge in [-0.05, 0) is 31.2 Å². The van der Waals surface area contributed by atoms with Gasteiger partial charge in [-0.15, -0.1) is 5.10 Å². The van der Waals surface area contributed by atoms with Crippen molar-refractivity contribution in [2.24, 2.45) is 0 Å². The molecule has 0 aliphatic carbocycles. The lowest BCUT2D eigenvalue weighted by molar-refractivity contribution is -0.116. The average Bonchev–Trinajstić information content (AvgIpc) is 3.33. The minimum atomic E-state index is -0.398. The lowest BCUT2D eigenvalue weighted by atomic mass is 10.3. The van der Waals surface area contributed by atoms with Crippen molar-refractivity contribution in [1.29, 1.82) is 0 Å². The van der Waals surface area contributed by atoms with Gasteiger partial charge >= 0.3 is 0 Å². The zero-order valence-electron chi connectivity index (χ0n) is 15.7. The van der Waals surface area contributed by atoms with Crippen LogP contribution in [0.15, 0.2) is 60.8 Å². The van der Waals surface area contributed by atoms with E-state index < -0.39 is 5.91 Å². The average molecular weight is 389 g/mol. The minimum Gasteiger partial charge on any atom is -0.321 e. The number of nitrogens with zero attached hydrogens (tertiary/aromatic N) is 5. The summed E-state index contributed by atoms with van der Waals surface area (Å²) in [5.41, 5.74) is 2.60. The van der Waals surface area contributed by atoms with Gasteiger partial charge in [-0.3, -0.25) is 14.3 Å². The molecule has 0 spiro atoms. The molecule has 2 aromatic heterocycles. The molecule has 2 amide bonds. The van der Waals surface area contributed by atoms with Crippen LogP contribution in [0, 0.1) is 0 Å². The molecule has 0 aliphatic heterocycles. The molecule has 2 aromatic carbocycles. The van der Waals surface area contributed by atoms with E-state index in [9.17, 15) is 9.59 Å². The topological polar surface area (TPSA) is 107 Å². The Bertz CT molecular complexity index is 1160. The molecule has 0 aliphatic rings. The van der Waals surface area contributed by atoms with Crippen molar-refractivity contribution < 1.29 is 9.59 Å². The molecular formula is C20H19N7O2. The fourth-order valence-electron chi connectivity index (χ4n) is 2.91. The molecule has 0 fully saturated rings. The zero-order valence-corrected chi connectivity index (χ0v) is 15.7. The van der Waals surface area contributed by atoms with Crippen molar-refractivity contribution in [3.63, 3.8) is 0 Å². The van der Waals surface area contributed by atoms with E-state index in [1.807, 2.05) is 49.4 Å². The van der Waals surface area contributed by atoms with E-state index in [1.54, 1.807) is 23.0 Å². The molecule has 9 heteroatoms. The number of carbonyl (C=O) groups is 2. The molecule has 9 nitrogen and oxygen atoms in total. The van der Waals surface area contributed by atoms with Crippen molar-refractivity contribution >= 4 is 34.2 Å². The molecule has 0 atom stereocenters. The Hall–Kier alpha value is -4.01. The Balaban J connectivity index is 1.52. The van der Waals surface area contributed by atoms with Gasteiger partial charge in [0.05, 0.1) is 11.2 Å². The second-order valence-corrected chi connectivity index (χ2v) is 6.35. The van der Waals surface area contributed by atoms with E-state index in [-0.39, 0.29) is 18.1 Å². The number of hydrogen-bond donors (Lipinski definition) is 2. The van der Waals surface area contributed by atoms with Crippen LogP contribution in [0.5, 0.6) is 0 Å². The van der Waals surface area contributed by atoms with Gasteiger partial charge < -0.3 is 10.6 Å². The summed E-state index contributed by atoms with van der Waals surface area (Å²) in [6, 6.07) is 16.5. The number of rotatable bonds is 6. The zero-order chi connectivity index (χ0) is 20.2. The number of fused-ring (bicyclic) bond motifs is 1. The van der Waals surface area contributed by atoms with Gasteiger partial charge in [0.15, 0.2) is 5.69 Å². The first-order valence-corrected chi connectivity index (χ1v) is 9.16. The number of para-hydroxylation sites is 2. The summed E-state index contributed by atoms with van der Waals surface area (Å²) in [5.74, 6) is -0.727. The molecule has 4 rings (SSSR count). The third kappa shape index (κ3) is 3.98. The highest BCUT2D eigenvalue weighted by molar-refractivity contribution is 6.08. The first kappa shape index (κ1) is 18.4. The van der Waals surface area contributed by atoms with Gasteiger partial charge in [0.1, 0.15) is 12.1 Å². The molecule has 29 heavy (non-hydrogen) atoms. The van der Waals surface area contributed by atoms with Crippen molar-refractivity contribution in [2.45, 2.75) is 20.0 Å². The Kier molecular flexibility index (Phi) is 5.02. The fraction of sp³-hybridized carbons (Fsp3) is 0.150. The van der Waals surface area contributed by atoms with Crippen LogP contribution in [-0.4, -0.2) is 36.6 Å². The maximum atomic E-state index is 12.7. The van der Waals surface area contributed by atoms with Crippen molar-refractivity contribution in [1.82, 2.24) is 24.8 Å². The quantitative estimate of drug-likeness (QED) is 0.527. The summed E-state index contributed by atoms with van der Waals surface area (Å²) in [6.45, 7) is 2.44. The van der Waals surface area contributed by atoms with Crippen LogP contribution in [0.4, 0.5) is 11.4 Å². The van der Waals surface area contributed by atoms with Crippen LogP contribution in [0.25, 0.3) is 11.0 Å². The highest BCUT2D eigenvalue weighted by atomic mass is 16.2. The number of benzene rings is 2. The monoisotopic (exact) mass is 389 g/mol. The summed E-state index contributed by atoms with van der Waals surface area (Å²) in [4.78, 5) is 25.3. The number of hydrogen-bond acceptors (Lipinski definition) is 5. The van der Waals surface area contributed by atoms with E-state index in [1.165, 1.54) is 4.68 Å². The number of amides is 2. The predicted octanol–water partition coefficient (Wildman–Crippen LogP) is 2.54. The predicted molar refractivity (Wildman–Crippen MR) is 108 cm³/mol. The molecule has 146 valence electrons. The van der Waals surface area contributed by atoms with E-state index >= 15 is 0 Å². The summed E-state index contributed by atoms with van der Waals surface area (Å²) in [6.07, 6.45) is 1.64. The third-order valence-corrected chi connectivity index (χ3v) is 4.32. The highest BCUT2D eigenvalue weighted by Gasteiger charge is 2.19. The maximum Gasteiger partial charge on any atom is 0.278 e. The van der Waals surface area contributed by atoms with Gasteiger partial charge in [-0.2, -0.15) is 5.10 Å². The van der Waals surface area contributed by atoms with E-state index in [2.05, 4.69) is 26.0 Å². The SMILES string of the molecule is CCn1cc(NC(=O)Cn2nnc3ccccc32)c(C(=O)Nc2ccccc2)n1. The highest BCUT2D eigenvalue weighted by Crippen LogP contribution is 2.17. The first-order valence-electron chi connectivity index (χ1n) is 9.16. The first-order chi connectivity index (χ1) is 14.1. The van der Waals surface area contributed by atoms with E-state index in [0.29, 0.717) is 23.4 Å². The molecule has 0 radical (unpaired) electrons. The van der Waals surface area contributed by atoms with Gasteiger partial charge in [-0.25, -0.2) is 4.68 Å². The number of aromatic nitrogens is 5. The Morgan fingerprint density at radius 3 is 2.55 bits per heavy atom. The van der Waals surface area contributed by atoms with Crippen LogP contribution in [-0.2, 0) is 17.9 Å². The summed E-state index contributed by atoms with van der Waals surface area (Å²) >= 11 is 0. The largest absolute Gasteiger partial charge is 0.321 e. The maximum absolute atomic E-state index is 12.7. The van der Waals surface area contributed by atoms with E-state index in [4.69, 9.17) is 0 Å². The molecule has 2 N–H and O–H groups in total. The molecule has 0 unspecified atom stereocenters. The van der Waals surface area contributed by atoms with Gasteiger partial charge in [0.25, 0.3) is 5.91 Å². The molecule has 2 heterocycles. The van der Waals surface area contributed by atoms with Crippen LogP contribution in [0.3, 0.4) is 0 Å². The molecular weight excluding hydrogens is 370 g/mol. The summed E-state index contributed by atoms with van der Waals surface area (Å²) < 4.78 is 3.11. The third-order valence-electron chi connectivity index (χ3n) is 4.32. The Morgan fingerprint density at radius 1 is 1.00 bits per heavy atom. The number of nitrogens with one attached hydrogen (secondary N) is 2. The van der Waals surface area contributed by atoms with Crippen LogP contribution in [0.2, 0.25) is 0 Å². The number of aryl methyl sites for hydroxylation is 1. The molecule has 4 aromatic rings. The summed E-state index contributed by atoms with van der Waals surface area (Å²) in [7, 11) is 0. The van der Waals surface area contributed by atoms with Crippen molar-refractivity contribution in [3.05, 3.63) is 66.5 Å². The Morgan fingerprint density at radius 2 is 1.76 bits per heavy atom. The molecule has 0 saturated carbocycles. The second kappa shape index (κ2) is 7.93. The normalized spacial score (nSPS) is 10.8. The second-order valence-electron chi connectivity index (χ2n) is 6.35. The van der Waals surface area contributed by atoms with E-state index in [0.717, 1.165) is 5.52 Å². The van der Waals surface area contributed by atoms with Gasteiger partial charge in [-0.1, -0.05) is 35.5 Å². The van der Waals surface area contributed by atoms with Gasteiger partial charge in [0.2, 0.25) is 5.91 Å². The lowest BCUT2D eigenvalue weighted by Gasteiger charge is -2.07. The standard InChI is InChI=1S/C20H19N7O2/c1-2-26-12-16(19(24-26)20(29)21-14-8-4-3-5-9-14)22-18(28)13-27-17-11-7-6-10-15(17)23-25-27/h3-12H,2,13H2,1H3,(H,21,29)(H,22,28). The van der Waals surface area contributed by atoms with Gasteiger partial charge in [0, 0.05) is 18.4 Å². The summed E-state index contributed by atoms with van der Waals surface area (Å²) in [5, 5.41) is 17.9. The number of anilines is 2. The van der Waals surface area contributed by atoms with Crippen LogP contribution < -0.4 is 10.6 Å². The minimum absolute atomic E-state index is 0.0302. The smallest absolute Gasteiger partial charge is 0.278 e. The van der Waals surface area contributed by atoms with Crippen molar-refractivity contribution in [2.75, 3.05) is 10.6 Å². The van der Waals surface area contributed by atoms with Crippen LogP contribution >= 0.6 is 0 Å². The molecule has 0 saturated heterocycles. The lowest BCUT2D eigenvalue weighted by Crippen LogP contribution is -2.22. The fourth-order valence-corrected chi connectivity index (χ4v) is 2.91.